The average Bonchev–Trinajstić information content (AvgIpc) is 3.22. The molecule has 0 aliphatic carbocycles. The lowest BCUT2D eigenvalue weighted by Crippen LogP contribution is -2.44. The van der Waals surface area contributed by atoms with Crippen molar-refractivity contribution >= 4 is 34.8 Å². The zero-order chi connectivity index (χ0) is 21.6. The Kier molecular flexibility index (Phi) is 7.21. The number of thiazole rings is 1. The summed E-state index contributed by atoms with van der Waals surface area (Å²) in [5.74, 6) is 1.69. The molecule has 0 unspecified atom stereocenters. The molecule has 1 aliphatic rings. The first-order chi connectivity index (χ1) is 15.1. The first-order valence-electron chi connectivity index (χ1n) is 10.4. The molecule has 1 N–H and O–H groups in total. The molecule has 0 radical (unpaired) electrons. The Labute approximate surface area is 191 Å². The van der Waals surface area contributed by atoms with Crippen LogP contribution in [0.25, 0.3) is 0 Å². The third kappa shape index (κ3) is 5.84. The molecule has 1 aliphatic heterocycles. The molecule has 162 valence electrons. The lowest BCUT2D eigenvalue weighted by Gasteiger charge is -2.33. The standard InChI is InChI=1S/C23H27N5OS2/c1-17-26-19(15-30-17)16-31-21-6-4-3-5-20(21)23(29)25-14-18-7-8-22(24-13-18)28-11-9-27(2)10-12-28/h3-8,13,15H,9-12,14,16H2,1-2H3,(H,25,29). The van der Waals surface area contributed by atoms with Crippen LogP contribution in [0.15, 0.2) is 52.9 Å². The number of likely N-dealkylation sites (N-methyl/N-ethyl adjacent to an activating group) is 1. The van der Waals surface area contributed by atoms with Gasteiger partial charge in [0.05, 0.1) is 16.3 Å². The molecule has 1 saturated heterocycles. The second-order valence-electron chi connectivity index (χ2n) is 7.64. The van der Waals surface area contributed by atoms with Gasteiger partial charge in [0.25, 0.3) is 5.91 Å². The van der Waals surface area contributed by atoms with Gasteiger partial charge in [0.1, 0.15) is 5.82 Å². The van der Waals surface area contributed by atoms with Crippen LogP contribution in [0, 0.1) is 6.92 Å². The quantitative estimate of drug-likeness (QED) is 0.549. The van der Waals surface area contributed by atoms with Crippen molar-refractivity contribution in [1.82, 2.24) is 20.2 Å². The largest absolute Gasteiger partial charge is 0.354 e. The molecule has 4 rings (SSSR count). The maximum Gasteiger partial charge on any atom is 0.252 e. The highest BCUT2D eigenvalue weighted by molar-refractivity contribution is 7.98. The fourth-order valence-electron chi connectivity index (χ4n) is 3.43. The molecule has 3 aromatic rings. The Hall–Kier alpha value is -2.42. The van der Waals surface area contributed by atoms with Crippen LogP contribution < -0.4 is 10.2 Å². The number of benzene rings is 1. The number of pyridine rings is 1. The molecule has 0 spiro atoms. The Morgan fingerprint density at radius 1 is 1.16 bits per heavy atom. The lowest BCUT2D eigenvalue weighted by molar-refractivity contribution is 0.0948. The van der Waals surface area contributed by atoms with E-state index in [1.54, 1.807) is 23.1 Å². The minimum Gasteiger partial charge on any atom is -0.354 e. The molecule has 1 amide bonds. The molecule has 8 heteroatoms. The fraction of sp³-hybridized carbons (Fsp3) is 0.348. The van der Waals surface area contributed by atoms with Gasteiger partial charge in [0, 0.05) is 54.9 Å². The number of anilines is 1. The maximum absolute atomic E-state index is 12.8. The summed E-state index contributed by atoms with van der Waals surface area (Å²) in [5, 5.41) is 6.17. The number of amides is 1. The number of piperazine rings is 1. The first kappa shape index (κ1) is 21.8. The van der Waals surface area contributed by atoms with E-state index in [0.29, 0.717) is 12.1 Å². The molecular formula is C23H27N5OS2. The first-order valence-corrected chi connectivity index (χ1v) is 12.2. The summed E-state index contributed by atoms with van der Waals surface area (Å²) >= 11 is 3.29. The minimum absolute atomic E-state index is 0.0688. The van der Waals surface area contributed by atoms with Gasteiger partial charge in [-0.25, -0.2) is 9.97 Å². The third-order valence-corrected chi connectivity index (χ3v) is 7.19. The Balaban J connectivity index is 1.33. The van der Waals surface area contributed by atoms with Crippen molar-refractivity contribution in [2.24, 2.45) is 0 Å². The fourth-order valence-corrected chi connectivity index (χ4v) is 5.09. The number of rotatable bonds is 7. The highest BCUT2D eigenvalue weighted by Gasteiger charge is 2.15. The summed E-state index contributed by atoms with van der Waals surface area (Å²) in [6, 6.07) is 11.8. The molecule has 6 nitrogen and oxygen atoms in total. The SMILES string of the molecule is Cc1nc(CSc2ccccc2C(=O)NCc2ccc(N3CCN(C)CC3)nc2)cs1. The number of aryl methyl sites for hydroxylation is 1. The van der Waals surface area contributed by atoms with E-state index in [1.165, 1.54) is 0 Å². The molecular weight excluding hydrogens is 426 g/mol. The topological polar surface area (TPSA) is 61.4 Å². The monoisotopic (exact) mass is 453 g/mol. The van der Waals surface area contributed by atoms with Crippen LogP contribution in [-0.2, 0) is 12.3 Å². The summed E-state index contributed by atoms with van der Waals surface area (Å²) in [6.07, 6.45) is 1.86. The van der Waals surface area contributed by atoms with Crippen LogP contribution in [0.1, 0.15) is 26.6 Å². The summed E-state index contributed by atoms with van der Waals surface area (Å²) in [7, 11) is 2.15. The number of nitrogens with zero attached hydrogens (tertiary/aromatic N) is 4. The number of aromatic nitrogens is 2. The molecule has 31 heavy (non-hydrogen) atoms. The van der Waals surface area contributed by atoms with Gasteiger partial charge in [0.15, 0.2) is 0 Å². The van der Waals surface area contributed by atoms with E-state index >= 15 is 0 Å². The zero-order valence-corrected chi connectivity index (χ0v) is 19.5. The van der Waals surface area contributed by atoms with Crippen LogP contribution in [0.3, 0.4) is 0 Å². The zero-order valence-electron chi connectivity index (χ0n) is 17.9. The second-order valence-corrected chi connectivity index (χ2v) is 9.72. The minimum atomic E-state index is -0.0688. The number of hydrogen-bond donors (Lipinski definition) is 1. The van der Waals surface area contributed by atoms with E-state index in [2.05, 4.69) is 37.5 Å². The summed E-state index contributed by atoms with van der Waals surface area (Å²) < 4.78 is 0. The molecule has 0 atom stereocenters. The summed E-state index contributed by atoms with van der Waals surface area (Å²) in [4.78, 5) is 27.5. The van der Waals surface area contributed by atoms with E-state index in [4.69, 9.17) is 0 Å². The smallest absolute Gasteiger partial charge is 0.252 e. The van der Waals surface area contributed by atoms with Crippen molar-refractivity contribution in [3.8, 4) is 0 Å². The molecule has 0 saturated carbocycles. The number of thioether (sulfide) groups is 1. The molecule has 2 aromatic heterocycles. The van der Waals surface area contributed by atoms with E-state index in [0.717, 1.165) is 58.9 Å². The normalized spacial score (nSPS) is 14.6. The number of nitrogens with one attached hydrogen (secondary N) is 1. The average molecular weight is 454 g/mol. The van der Waals surface area contributed by atoms with Crippen molar-refractivity contribution < 1.29 is 4.79 Å². The highest BCUT2D eigenvalue weighted by Crippen LogP contribution is 2.27. The molecule has 0 bridgehead atoms. The van der Waals surface area contributed by atoms with Gasteiger partial charge in [-0.15, -0.1) is 23.1 Å². The van der Waals surface area contributed by atoms with Crippen molar-refractivity contribution in [2.45, 2.75) is 24.1 Å². The van der Waals surface area contributed by atoms with Gasteiger partial charge in [-0.1, -0.05) is 18.2 Å². The highest BCUT2D eigenvalue weighted by atomic mass is 32.2. The van der Waals surface area contributed by atoms with Gasteiger partial charge in [-0.05, 0) is 37.7 Å². The number of carbonyl (C=O) groups is 1. The molecule has 1 fully saturated rings. The summed E-state index contributed by atoms with van der Waals surface area (Å²) in [6.45, 7) is 6.56. The van der Waals surface area contributed by atoms with Crippen LogP contribution in [0.5, 0.6) is 0 Å². The predicted molar refractivity (Wildman–Crippen MR) is 128 cm³/mol. The van der Waals surface area contributed by atoms with Gasteiger partial charge >= 0.3 is 0 Å². The molecule has 1 aromatic carbocycles. The van der Waals surface area contributed by atoms with Crippen LogP contribution in [0.2, 0.25) is 0 Å². The maximum atomic E-state index is 12.8. The van der Waals surface area contributed by atoms with Crippen molar-refractivity contribution in [3.05, 3.63) is 69.8 Å². The second kappa shape index (κ2) is 10.3. The van der Waals surface area contributed by atoms with E-state index in [1.807, 2.05) is 49.5 Å². The Bertz CT molecular complexity index is 1010. The van der Waals surface area contributed by atoms with Crippen molar-refractivity contribution in [1.29, 1.82) is 0 Å². The van der Waals surface area contributed by atoms with E-state index in [9.17, 15) is 4.79 Å². The van der Waals surface area contributed by atoms with Gasteiger partial charge < -0.3 is 15.1 Å². The van der Waals surface area contributed by atoms with Crippen LogP contribution in [-0.4, -0.2) is 54.0 Å². The Morgan fingerprint density at radius 3 is 2.68 bits per heavy atom. The number of carbonyl (C=O) groups excluding carboxylic acids is 1. The third-order valence-electron chi connectivity index (χ3n) is 5.26. The lowest BCUT2D eigenvalue weighted by atomic mass is 10.2. The van der Waals surface area contributed by atoms with Crippen LogP contribution in [0.4, 0.5) is 5.82 Å². The van der Waals surface area contributed by atoms with Gasteiger partial charge in [-0.2, -0.15) is 0 Å². The van der Waals surface area contributed by atoms with Gasteiger partial charge in [0.2, 0.25) is 0 Å². The van der Waals surface area contributed by atoms with E-state index in [-0.39, 0.29) is 5.91 Å². The summed E-state index contributed by atoms with van der Waals surface area (Å²) in [5.41, 5.74) is 2.74. The molecule has 3 heterocycles. The Morgan fingerprint density at radius 2 is 1.97 bits per heavy atom. The number of hydrogen-bond acceptors (Lipinski definition) is 7. The van der Waals surface area contributed by atoms with E-state index < -0.39 is 0 Å². The van der Waals surface area contributed by atoms with Crippen molar-refractivity contribution in [3.63, 3.8) is 0 Å². The van der Waals surface area contributed by atoms with Crippen molar-refractivity contribution in [2.75, 3.05) is 38.1 Å². The van der Waals surface area contributed by atoms with Crippen LogP contribution >= 0.6 is 23.1 Å². The predicted octanol–water partition coefficient (Wildman–Crippen LogP) is 3.82. The van der Waals surface area contributed by atoms with Gasteiger partial charge in [-0.3, -0.25) is 4.79 Å².